The van der Waals surface area contributed by atoms with Crippen molar-refractivity contribution in [3.8, 4) is 0 Å². The van der Waals surface area contributed by atoms with Gasteiger partial charge in [-0.05, 0) is 44.5 Å². The third kappa shape index (κ3) is 7.05. The molecule has 5 nitrogen and oxygen atoms in total. The SMILES string of the molecule is Cc1cc[n+](CCC(=O)Nc2cccc(C(=O)OC(C)C)c2)cc1.[Br-]. The van der Waals surface area contributed by atoms with Crippen LogP contribution >= 0.6 is 0 Å². The number of anilines is 1. The maximum absolute atomic E-state index is 12.1. The summed E-state index contributed by atoms with van der Waals surface area (Å²) in [5.74, 6) is -0.492. The second kappa shape index (κ2) is 9.93. The van der Waals surface area contributed by atoms with Crippen molar-refractivity contribution < 1.29 is 35.9 Å². The van der Waals surface area contributed by atoms with Gasteiger partial charge in [-0.15, -0.1) is 0 Å². The van der Waals surface area contributed by atoms with Gasteiger partial charge in [0.15, 0.2) is 18.9 Å². The average Bonchev–Trinajstić information content (AvgIpc) is 2.54. The van der Waals surface area contributed by atoms with Crippen molar-refractivity contribution in [3.05, 3.63) is 59.9 Å². The van der Waals surface area contributed by atoms with Crippen molar-refractivity contribution >= 4 is 17.6 Å². The van der Waals surface area contributed by atoms with Gasteiger partial charge in [-0.2, -0.15) is 0 Å². The van der Waals surface area contributed by atoms with Gasteiger partial charge in [0, 0.05) is 17.8 Å². The lowest BCUT2D eigenvalue weighted by atomic mass is 10.2. The number of pyridine rings is 1. The highest BCUT2D eigenvalue weighted by molar-refractivity contribution is 5.94. The summed E-state index contributed by atoms with van der Waals surface area (Å²) in [6.07, 6.45) is 4.08. The van der Waals surface area contributed by atoms with Crippen LogP contribution in [0.5, 0.6) is 0 Å². The van der Waals surface area contributed by atoms with Gasteiger partial charge in [0.05, 0.1) is 18.1 Å². The van der Waals surface area contributed by atoms with E-state index in [0.29, 0.717) is 24.2 Å². The number of amides is 1. The Hall–Kier alpha value is -2.21. The molecule has 0 aliphatic carbocycles. The van der Waals surface area contributed by atoms with E-state index >= 15 is 0 Å². The number of nitrogens with one attached hydrogen (secondary N) is 1. The zero-order chi connectivity index (χ0) is 17.5. The highest BCUT2D eigenvalue weighted by atomic mass is 79.9. The zero-order valence-electron chi connectivity index (χ0n) is 14.7. The number of carbonyl (C=O) groups excluding carboxylic acids is 2. The largest absolute Gasteiger partial charge is 1.00 e. The van der Waals surface area contributed by atoms with Crippen LogP contribution in [0.3, 0.4) is 0 Å². The number of esters is 1. The Morgan fingerprint density at radius 1 is 1.16 bits per heavy atom. The minimum absolute atomic E-state index is 0. The molecule has 0 unspecified atom stereocenters. The van der Waals surface area contributed by atoms with Crippen LogP contribution in [0.4, 0.5) is 5.69 Å². The molecule has 2 rings (SSSR count). The van der Waals surface area contributed by atoms with E-state index in [1.807, 2.05) is 36.0 Å². The van der Waals surface area contributed by atoms with Crippen molar-refractivity contribution in [2.45, 2.75) is 39.8 Å². The Labute approximate surface area is 158 Å². The van der Waals surface area contributed by atoms with Gasteiger partial charge >= 0.3 is 5.97 Å². The first-order valence-corrected chi connectivity index (χ1v) is 8.00. The van der Waals surface area contributed by atoms with Crippen LogP contribution in [-0.4, -0.2) is 18.0 Å². The molecule has 0 atom stereocenters. The van der Waals surface area contributed by atoms with Crippen LogP contribution in [0, 0.1) is 6.92 Å². The molecule has 1 N–H and O–H groups in total. The first-order chi connectivity index (χ1) is 11.4. The number of hydrogen-bond donors (Lipinski definition) is 1. The smallest absolute Gasteiger partial charge is 0.338 e. The minimum Gasteiger partial charge on any atom is -1.00 e. The lowest BCUT2D eigenvalue weighted by Gasteiger charge is -2.09. The molecular weight excluding hydrogens is 384 g/mol. The summed E-state index contributed by atoms with van der Waals surface area (Å²) in [6.45, 7) is 6.22. The molecule has 0 saturated heterocycles. The van der Waals surface area contributed by atoms with E-state index in [9.17, 15) is 9.59 Å². The van der Waals surface area contributed by atoms with E-state index in [1.165, 1.54) is 5.56 Å². The highest BCUT2D eigenvalue weighted by Crippen LogP contribution is 2.13. The number of nitrogens with zero attached hydrogens (tertiary/aromatic N) is 1. The van der Waals surface area contributed by atoms with Crippen LogP contribution < -0.4 is 26.9 Å². The lowest BCUT2D eigenvalue weighted by Crippen LogP contribution is -3.00. The number of rotatable bonds is 6. The maximum atomic E-state index is 12.1. The fourth-order valence-corrected chi connectivity index (χ4v) is 2.14. The van der Waals surface area contributed by atoms with Crippen molar-refractivity contribution in [1.82, 2.24) is 0 Å². The predicted molar refractivity (Wildman–Crippen MR) is 91.6 cm³/mol. The standard InChI is InChI=1S/C19H22N2O3.BrH/c1-14(2)24-19(23)16-5-4-6-17(13-16)20-18(22)9-12-21-10-7-15(3)8-11-21;/h4-8,10-11,13-14H,9,12H2,1-3H3;1H. The molecule has 2 aromatic rings. The third-order valence-corrected chi connectivity index (χ3v) is 3.38. The molecule has 1 aromatic carbocycles. The molecule has 0 aliphatic rings. The van der Waals surface area contributed by atoms with Crippen molar-refractivity contribution in [2.24, 2.45) is 0 Å². The molecule has 1 aromatic heterocycles. The molecule has 0 bridgehead atoms. The molecule has 0 radical (unpaired) electrons. The molecule has 0 fully saturated rings. The van der Waals surface area contributed by atoms with Crippen LogP contribution in [0.1, 0.15) is 36.2 Å². The molecular formula is C19H23BrN2O3. The molecule has 25 heavy (non-hydrogen) atoms. The fourth-order valence-electron chi connectivity index (χ4n) is 2.14. The van der Waals surface area contributed by atoms with Gasteiger partial charge < -0.3 is 27.0 Å². The number of aryl methyl sites for hydroxylation is 2. The van der Waals surface area contributed by atoms with Gasteiger partial charge in [0.25, 0.3) is 0 Å². The predicted octanol–water partition coefficient (Wildman–Crippen LogP) is -0.119. The Balaban J connectivity index is 0.00000312. The average molecular weight is 407 g/mol. The molecule has 0 spiro atoms. The number of aromatic nitrogens is 1. The Bertz CT molecular complexity index is 715. The molecule has 134 valence electrons. The topological polar surface area (TPSA) is 59.3 Å². The first kappa shape index (κ1) is 20.8. The number of ether oxygens (including phenoxy) is 1. The first-order valence-electron chi connectivity index (χ1n) is 8.00. The number of halogens is 1. The van der Waals surface area contributed by atoms with E-state index in [0.717, 1.165) is 0 Å². The Kier molecular flexibility index (Phi) is 8.28. The van der Waals surface area contributed by atoms with Gasteiger partial charge in [0.1, 0.15) is 0 Å². The molecule has 0 saturated carbocycles. The van der Waals surface area contributed by atoms with Gasteiger partial charge in [-0.1, -0.05) is 6.07 Å². The third-order valence-electron chi connectivity index (χ3n) is 3.38. The summed E-state index contributed by atoms with van der Waals surface area (Å²) >= 11 is 0. The second-order valence-corrected chi connectivity index (χ2v) is 5.95. The van der Waals surface area contributed by atoms with Crippen LogP contribution in [0.15, 0.2) is 48.8 Å². The molecule has 0 aliphatic heterocycles. The number of hydrogen-bond acceptors (Lipinski definition) is 3. The Morgan fingerprint density at radius 3 is 2.48 bits per heavy atom. The quantitative estimate of drug-likeness (QED) is 0.537. The van der Waals surface area contributed by atoms with Crippen LogP contribution in [0.25, 0.3) is 0 Å². The molecule has 1 amide bonds. The second-order valence-electron chi connectivity index (χ2n) is 5.95. The zero-order valence-corrected chi connectivity index (χ0v) is 16.2. The van der Waals surface area contributed by atoms with Gasteiger partial charge in [-0.3, -0.25) is 4.79 Å². The van der Waals surface area contributed by atoms with E-state index in [-0.39, 0.29) is 29.0 Å². The van der Waals surface area contributed by atoms with Crippen LogP contribution in [0.2, 0.25) is 0 Å². The summed E-state index contributed by atoms with van der Waals surface area (Å²) < 4.78 is 7.12. The summed E-state index contributed by atoms with van der Waals surface area (Å²) in [7, 11) is 0. The summed E-state index contributed by atoms with van der Waals surface area (Å²) in [4.78, 5) is 24.0. The number of benzene rings is 1. The number of carbonyl (C=O) groups is 2. The van der Waals surface area contributed by atoms with Gasteiger partial charge in [0.2, 0.25) is 5.91 Å². The fraction of sp³-hybridized carbons (Fsp3) is 0.316. The molecule has 6 heteroatoms. The summed E-state index contributed by atoms with van der Waals surface area (Å²) in [5, 5.41) is 2.81. The normalized spacial score (nSPS) is 10.1. The van der Waals surface area contributed by atoms with E-state index < -0.39 is 5.97 Å². The minimum atomic E-state index is -0.392. The maximum Gasteiger partial charge on any atom is 0.338 e. The van der Waals surface area contributed by atoms with Crippen molar-refractivity contribution in [2.75, 3.05) is 5.32 Å². The molecule has 1 heterocycles. The summed E-state index contributed by atoms with van der Waals surface area (Å²) in [6, 6.07) is 10.8. The Morgan fingerprint density at radius 2 is 1.84 bits per heavy atom. The monoisotopic (exact) mass is 406 g/mol. The van der Waals surface area contributed by atoms with Crippen LogP contribution in [-0.2, 0) is 16.1 Å². The lowest BCUT2D eigenvalue weighted by molar-refractivity contribution is -0.695. The van der Waals surface area contributed by atoms with E-state index in [1.54, 1.807) is 38.1 Å². The van der Waals surface area contributed by atoms with E-state index in [4.69, 9.17) is 4.74 Å². The highest BCUT2D eigenvalue weighted by Gasteiger charge is 2.11. The summed E-state index contributed by atoms with van der Waals surface area (Å²) in [5.41, 5.74) is 2.20. The van der Waals surface area contributed by atoms with Crippen molar-refractivity contribution in [1.29, 1.82) is 0 Å². The van der Waals surface area contributed by atoms with E-state index in [2.05, 4.69) is 5.32 Å². The van der Waals surface area contributed by atoms with Gasteiger partial charge in [-0.25, -0.2) is 9.36 Å². The van der Waals surface area contributed by atoms with Crippen molar-refractivity contribution in [3.63, 3.8) is 0 Å².